The first-order valence-corrected chi connectivity index (χ1v) is 8.81. The van der Waals surface area contributed by atoms with E-state index in [1.54, 1.807) is 18.2 Å². The summed E-state index contributed by atoms with van der Waals surface area (Å²) in [5, 5.41) is 18.7. The van der Waals surface area contributed by atoms with Crippen LogP contribution in [0.2, 0.25) is 0 Å². The molecule has 1 aliphatic heterocycles. The van der Waals surface area contributed by atoms with Gasteiger partial charge in [-0.2, -0.15) is 10.5 Å². The Balaban J connectivity index is 1.99. The minimum atomic E-state index is -0.698. The van der Waals surface area contributed by atoms with Crippen molar-refractivity contribution in [1.82, 2.24) is 9.88 Å². The molecule has 1 fully saturated rings. The van der Waals surface area contributed by atoms with Crippen LogP contribution in [-0.2, 0) is 6.54 Å². The molecule has 2 aromatic rings. The molecule has 1 aromatic carbocycles. The van der Waals surface area contributed by atoms with E-state index < -0.39 is 11.4 Å². The molecule has 0 amide bonds. The number of anilines is 1. The number of benzene rings is 1. The normalized spacial score (nSPS) is 15.3. The number of hydrogen-bond acceptors (Lipinski definition) is 5. The Morgan fingerprint density at radius 1 is 1.26 bits per heavy atom. The van der Waals surface area contributed by atoms with E-state index in [0.29, 0.717) is 18.0 Å². The van der Waals surface area contributed by atoms with Gasteiger partial charge >= 0.3 is 0 Å². The van der Waals surface area contributed by atoms with Crippen LogP contribution in [0, 0.1) is 34.4 Å². The molecule has 3 N–H and O–H groups in total. The van der Waals surface area contributed by atoms with E-state index in [0.717, 1.165) is 25.9 Å². The highest BCUT2D eigenvalue weighted by Crippen LogP contribution is 2.30. The number of aromatic amines is 1. The van der Waals surface area contributed by atoms with Crippen molar-refractivity contribution in [1.29, 1.82) is 10.5 Å². The molecule has 1 aromatic heterocycles. The van der Waals surface area contributed by atoms with Gasteiger partial charge in [0.25, 0.3) is 5.56 Å². The van der Waals surface area contributed by atoms with Crippen LogP contribution in [0.15, 0.2) is 23.0 Å². The van der Waals surface area contributed by atoms with Gasteiger partial charge in [-0.1, -0.05) is 19.1 Å². The van der Waals surface area contributed by atoms with Gasteiger partial charge in [-0.05, 0) is 43.5 Å². The zero-order valence-corrected chi connectivity index (χ0v) is 15.1. The molecule has 1 saturated heterocycles. The summed E-state index contributed by atoms with van der Waals surface area (Å²) in [6, 6.07) is 8.21. The van der Waals surface area contributed by atoms with Gasteiger partial charge in [-0.15, -0.1) is 0 Å². The van der Waals surface area contributed by atoms with Gasteiger partial charge in [-0.25, -0.2) is 4.39 Å². The Morgan fingerprint density at radius 3 is 2.52 bits per heavy atom. The van der Waals surface area contributed by atoms with Crippen LogP contribution in [0.5, 0.6) is 0 Å². The lowest BCUT2D eigenvalue weighted by atomic mass is 9.95. The highest BCUT2D eigenvalue weighted by Gasteiger charge is 2.20. The van der Waals surface area contributed by atoms with E-state index in [9.17, 15) is 19.7 Å². The van der Waals surface area contributed by atoms with Crippen LogP contribution in [0.1, 0.15) is 36.5 Å². The summed E-state index contributed by atoms with van der Waals surface area (Å²) in [7, 11) is 0. The summed E-state index contributed by atoms with van der Waals surface area (Å²) >= 11 is 0. The topological polar surface area (TPSA) is 110 Å². The van der Waals surface area contributed by atoms with Crippen LogP contribution in [0.4, 0.5) is 10.2 Å². The Morgan fingerprint density at radius 2 is 1.93 bits per heavy atom. The monoisotopic (exact) mass is 365 g/mol. The maximum absolute atomic E-state index is 14.7. The molecule has 0 bridgehead atoms. The Hall–Kier alpha value is -3.16. The van der Waals surface area contributed by atoms with Gasteiger partial charge in [-0.3, -0.25) is 9.69 Å². The number of nitriles is 2. The average molecular weight is 365 g/mol. The second-order valence-electron chi connectivity index (χ2n) is 6.98. The first-order chi connectivity index (χ1) is 12.9. The molecule has 0 radical (unpaired) electrons. The number of pyridine rings is 1. The minimum absolute atomic E-state index is 0.0386. The summed E-state index contributed by atoms with van der Waals surface area (Å²) in [5.74, 6) is 0.130. The van der Waals surface area contributed by atoms with E-state index in [-0.39, 0.29) is 28.1 Å². The number of piperidine rings is 1. The Labute approximate surface area is 156 Å². The van der Waals surface area contributed by atoms with Crippen LogP contribution < -0.4 is 11.3 Å². The summed E-state index contributed by atoms with van der Waals surface area (Å²) in [6.45, 7) is 4.60. The predicted molar refractivity (Wildman–Crippen MR) is 100.0 cm³/mol. The number of rotatable bonds is 3. The fraction of sp³-hybridized carbons (Fsp3) is 0.350. The molecule has 0 aliphatic carbocycles. The maximum atomic E-state index is 14.7. The SMILES string of the molecule is CC1CCN(Cc2ccc(-c3c(C#N)c(N)[nH]c(=O)c3C#N)cc2F)CC1. The second kappa shape index (κ2) is 7.61. The molecule has 0 unspecified atom stereocenters. The summed E-state index contributed by atoms with van der Waals surface area (Å²) in [4.78, 5) is 16.5. The van der Waals surface area contributed by atoms with E-state index in [1.165, 1.54) is 6.07 Å². The number of nitrogens with zero attached hydrogens (tertiary/aromatic N) is 3. The van der Waals surface area contributed by atoms with Gasteiger partial charge in [0.2, 0.25) is 0 Å². The van der Waals surface area contributed by atoms with Crippen molar-refractivity contribution in [2.24, 2.45) is 5.92 Å². The molecule has 3 rings (SSSR count). The predicted octanol–water partition coefficient (Wildman–Crippen LogP) is 2.74. The molecule has 6 nitrogen and oxygen atoms in total. The standard InChI is InChI=1S/C20H20FN5O/c1-12-4-6-26(7-5-12)11-14-3-2-13(8-17(14)21)18-15(9-22)19(24)25-20(27)16(18)10-23/h2-3,8,12H,4-7,11H2,1H3,(H3,24,25,27). The van der Waals surface area contributed by atoms with Gasteiger partial charge in [0.1, 0.15) is 34.9 Å². The van der Waals surface area contributed by atoms with E-state index in [1.807, 2.05) is 6.07 Å². The number of nitrogen functional groups attached to an aromatic ring is 1. The third kappa shape index (κ3) is 3.69. The van der Waals surface area contributed by atoms with E-state index in [4.69, 9.17) is 5.73 Å². The number of halogens is 1. The van der Waals surface area contributed by atoms with Crippen LogP contribution >= 0.6 is 0 Å². The van der Waals surface area contributed by atoms with Crippen molar-refractivity contribution in [3.05, 3.63) is 51.1 Å². The van der Waals surface area contributed by atoms with Gasteiger partial charge in [0.15, 0.2) is 0 Å². The average Bonchev–Trinajstić information content (AvgIpc) is 2.64. The number of likely N-dealkylation sites (tertiary alicyclic amines) is 1. The van der Waals surface area contributed by atoms with E-state index in [2.05, 4.69) is 16.8 Å². The van der Waals surface area contributed by atoms with Gasteiger partial charge in [0.05, 0.1) is 0 Å². The molecule has 2 heterocycles. The Kier molecular flexibility index (Phi) is 5.25. The fourth-order valence-corrected chi connectivity index (χ4v) is 3.42. The highest BCUT2D eigenvalue weighted by atomic mass is 19.1. The quantitative estimate of drug-likeness (QED) is 0.869. The zero-order chi connectivity index (χ0) is 19.6. The lowest BCUT2D eigenvalue weighted by Crippen LogP contribution is -2.32. The summed E-state index contributed by atoms with van der Waals surface area (Å²) in [5.41, 5.74) is 5.62. The van der Waals surface area contributed by atoms with Crippen molar-refractivity contribution in [3.8, 4) is 23.3 Å². The largest absolute Gasteiger partial charge is 0.384 e. The molecule has 0 atom stereocenters. The molecule has 0 spiro atoms. The van der Waals surface area contributed by atoms with Crippen molar-refractivity contribution >= 4 is 5.82 Å². The first-order valence-electron chi connectivity index (χ1n) is 8.81. The minimum Gasteiger partial charge on any atom is -0.384 e. The number of aromatic nitrogens is 1. The second-order valence-corrected chi connectivity index (χ2v) is 6.98. The summed E-state index contributed by atoms with van der Waals surface area (Å²) < 4.78 is 14.7. The lowest BCUT2D eigenvalue weighted by molar-refractivity contribution is 0.183. The summed E-state index contributed by atoms with van der Waals surface area (Å²) in [6.07, 6.45) is 2.20. The first kappa shape index (κ1) is 18.6. The maximum Gasteiger partial charge on any atom is 0.268 e. The van der Waals surface area contributed by atoms with Crippen LogP contribution in [0.3, 0.4) is 0 Å². The van der Waals surface area contributed by atoms with Gasteiger partial charge in [0, 0.05) is 17.7 Å². The number of nitrogens with one attached hydrogen (secondary N) is 1. The van der Waals surface area contributed by atoms with Crippen molar-refractivity contribution in [3.63, 3.8) is 0 Å². The lowest BCUT2D eigenvalue weighted by Gasteiger charge is -2.30. The van der Waals surface area contributed by atoms with E-state index >= 15 is 0 Å². The third-order valence-electron chi connectivity index (χ3n) is 5.08. The Bertz CT molecular complexity index is 1010. The van der Waals surface area contributed by atoms with Gasteiger partial charge < -0.3 is 10.7 Å². The molecular weight excluding hydrogens is 345 g/mol. The fourth-order valence-electron chi connectivity index (χ4n) is 3.42. The third-order valence-corrected chi connectivity index (χ3v) is 5.08. The number of hydrogen-bond donors (Lipinski definition) is 2. The molecule has 27 heavy (non-hydrogen) atoms. The molecule has 7 heteroatoms. The zero-order valence-electron chi connectivity index (χ0n) is 15.1. The van der Waals surface area contributed by atoms with Crippen molar-refractivity contribution < 1.29 is 4.39 Å². The van der Waals surface area contributed by atoms with Crippen LogP contribution in [-0.4, -0.2) is 23.0 Å². The molecule has 0 saturated carbocycles. The molecular formula is C20H20FN5O. The van der Waals surface area contributed by atoms with Crippen LogP contribution in [0.25, 0.3) is 11.1 Å². The number of H-pyrrole nitrogens is 1. The highest BCUT2D eigenvalue weighted by molar-refractivity contribution is 5.80. The molecule has 1 aliphatic rings. The smallest absolute Gasteiger partial charge is 0.268 e. The molecule has 138 valence electrons. The van der Waals surface area contributed by atoms with Crippen molar-refractivity contribution in [2.75, 3.05) is 18.8 Å². The van der Waals surface area contributed by atoms with Crippen molar-refractivity contribution in [2.45, 2.75) is 26.3 Å². The number of nitrogens with two attached hydrogens (primary N) is 1.